The topological polar surface area (TPSA) is 58.1 Å². The van der Waals surface area contributed by atoms with Crippen molar-refractivity contribution < 1.29 is 9.47 Å². The summed E-state index contributed by atoms with van der Waals surface area (Å²) in [7, 11) is 3.84. The van der Waals surface area contributed by atoms with Crippen LogP contribution in [-0.2, 0) is 11.3 Å². The van der Waals surface area contributed by atoms with Crippen molar-refractivity contribution in [1.29, 1.82) is 0 Å². The van der Waals surface area contributed by atoms with E-state index >= 15 is 0 Å². The molecule has 1 aromatic carbocycles. The van der Waals surface area contributed by atoms with Crippen LogP contribution in [0.1, 0.15) is 39.2 Å². The van der Waals surface area contributed by atoms with Gasteiger partial charge in [-0.1, -0.05) is 19.1 Å². The highest BCUT2D eigenvalue weighted by Crippen LogP contribution is 2.11. The van der Waals surface area contributed by atoms with Crippen LogP contribution >= 0.6 is 24.0 Å². The zero-order valence-corrected chi connectivity index (χ0v) is 20.5. The predicted octanol–water partition coefficient (Wildman–Crippen LogP) is 3.51. The van der Waals surface area contributed by atoms with Crippen LogP contribution in [0.15, 0.2) is 29.3 Å². The van der Waals surface area contributed by atoms with E-state index in [4.69, 9.17) is 14.5 Å². The van der Waals surface area contributed by atoms with Crippen molar-refractivity contribution in [3.63, 3.8) is 0 Å². The lowest BCUT2D eigenvalue weighted by Crippen LogP contribution is -2.42. The summed E-state index contributed by atoms with van der Waals surface area (Å²) in [5.74, 6) is 1.71. The molecule has 0 radical (unpaired) electrons. The van der Waals surface area contributed by atoms with Gasteiger partial charge in [-0.25, -0.2) is 4.99 Å². The summed E-state index contributed by atoms with van der Waals surface area (Å²) in [5, 5.41) is 6.85. The minimum Gasteiger partial charge on any atom is -0.497 e. The first-order chi connectivity index (χ1) is 13.1. The van der Waals surface area contributed by atoms with E-state index in [9.17, 15) is 0 Å². The third-order valence-electron chi connectivity index (χ3n) is 4.64. The molecular formula is C21H39IN4O2. The summed E-state index contributed by atoms with van der Waals surface area (Å²) in [6, 6.07) is 8.62. The van der Waals surface area contributed by atoms with E-state index in [1.807, 2.05) is 31.2 Å². The summed E-state index contributed by atoms with van der Waals surface area (Å²) in [4.78, 5) is 7.09. The summed E-state index contributed by atoms with van der Waals surface area (Å²) in [6.07, 6.45) is 2.12. The standard InChI is InChI=1S/C21H38N4O2.HI/c1-6-18(3)25(4)15-14-23-21(22-13-8-16-27-7-2)24-17-19-9-11-20(26-5)12-10-19;/h9-12,18H,6-8,13-17H2,1-5H3,(H2,22,23,24);1H. The van der Waals surface area contributed by atoms with E-state index in [-0.39, 0.29) is 24.0 Å². The highest BCUT2D eigenvalue weighted by atomic mass is 127. The first-order valence-corrected chi connectivity index (χ1v) is 10.0. The Bertz CT molecular complexity index is 526. The largest absolute Gasteiger partial charge is 0.497 e. The normalized spacial score (nSPS) is 12.4. The SMILES string of the molecule is CCOCCCNC(=NCc1ccc(OC)cc1)NCCN(C)C(C)CC.I. The van der Waals surface area contributed by atoms with Gasteiger partial charge < -0.3 is 25.0 Å². The molecule has 1 aromatic rings. The van der Waals surface area contributed by atoms with Gasteiger partial charge in [-0.2, -0.15) is 0 Å². The van der Waals surface area contributed by atoms with Gasteiger partial charge >= 0.3 is 0 Å². The molecule has 1 unspecified atom stereocenters. The molecule has 1 rings (SSSR count). The van der Waals surface area contributed by atoms with Crippen LogP contribution in [0.4, 0.5) is 0 Å². The molecule has 0 aromatic heterocycles. The Labute approximate surface area is 188 Å². The smallest absolute Gasteiger partial charge is 0.191 e. The van der Waals surface area contributed by atoms with E-state index in [0.717, 1.165) is 63.0 Å². The molecule has 6 nitrogen and oxygen atoms in total. The first kappa shape index (κ1) is 26.9. The first-order valence-electron chi connectivity index (χ1n) is 10.0. The maximum atomic E-state index is 5.40. The van der Waals surface area contributed by atoms with Crippen molar-refractivity contribution >= 4 is 29.9 Å². The van der Waals surface area contributed by atoms with Gasteiger partial charge in [0.15, 0.2) is 5.96 Å². The maximum absolute atomic E-state index is 5.40. The molecule has 28 heavy (non-hydrogen) atoms. The van der Waals surface area contributed by atoms with Gasteiger partial charge in [0.05, 0.1) is 13.7 Å². The molecule has 0 aliphatic rings. The number of aliphatic imine (C=N–C) groups is 1. The summed E-state index contributed by atoms with van der Waals surface area (Å²) >= 11 is 0. The highest BCUT2D eigenvalue weighted by Gasteiger charge is 2.06. The van der Waals surface area contributed by atoms with Gasteiger partial charge in [-0.15, -0.1) is 24.0 Å². The quantitative estimate of drug-likeness (QED) is 0.186. The van der Waals surface area contributed by atoms with Gasteiger partial charge in [0.2, 0.25) is 0 Å². The van der Waals surface area contributed by atoms with Gasteiger partial charge in [0, 0.05) is 38.9 Å². The Balaban J connectivity index is 0.00000729. The molecule has 0 bridgehead atoms. The Kier molecular flexibility index (Phi) is 16.2. The number of methoxy groups -OCH3 is 1. The van der Waals surface area contributed by atoms with Gasteiger partial charge in [-0.05, 0) is 51.4 Å². The van der Waals surface area contributed by atoms with Crippen LogP contribution < -0.4 is 15.4 Å². The fourth-order valence-corrected chi connectivity index (χ4v) is 2.48. The van der Waals surface area contributed by atoms with Gasteiger partial charge in [0.25, 0.3) is 0 Å². The zero-order chi connectivity index (χ0) is 19.9. The van der Waals surface area contributed by atoms with Crippen molar-refractivity contribution in [3.8, 4) is 5.75 Å². The number of hydrogen-bond acceptors (Lipinski definition) is 4. The van der Waals surface area contributed by atoms with Crippen molar-refractivity contribution in [1.82, 2.24) is 15.5 Å². The lowest BCUT2D eigenvalue weighted by atomic mass is 10.2. The molecule has 7 heteroatoms. The summed E-state index contributed by atoms with van der Waals surface area (Å²) in [5.41, 5.74) is 1.16. The van der Waals surface area contributed by atoms with E-state index in [1.54, 1.807) is 7.11 Å². The van der Waals surface area contributed by atoms with Gasteiger partial charge in [-0.3, -0.25) is 0 Å². The number of hydrogen-bond donors (Lipinski definition) is 2. The van der Waals surface area contributed by atoms with E-state index in [2.05, 4.69) is 36.4 Å². The van der Waals surface area contributed by atoms with Crippen molar-refractivity contribution in [2.24, 2.45) is 4.99 Å². The number of rotatable bonds is 13. The number of halogens is 1. The lowest BCUT2D eigenvalue weighted by Gasteiger charge is -2.24. The molecule has 0 saturated carbocycles. The van der Waals surface area contributed by atoms with Crippen LogP contribution in [0.2, 0.25) is 0 Å². The minimum atomic E-state index is 0. The molecular weight excluding hydrogens is 467 g/mol. The zero-order valence-electron chi connectivity index (χ0n) is 18.2. The number of nitrogens with one attached hydrogen (secondary N) is 2. The van der Waals surface area contributed by atoms with Crippen LogP contribution in [0.3, 0.4) is 0 Å². The van der Waals surface area contributed by atoms with Crippen molar-refractivity contribution in [2.45, 2.75) is 46.2 Å². The fourth-order valence-electron chi connectivity index (χ4n) is 2.48. The molecule has 0 aliphatic carbocycles. The van der Waals surface area contributed by atoms with Crippen molar-refractivity contribution in [2.75, 3.05) is 47.0 Å². The number of nitrogens with zero attached hydrogens (tertiary/aromatic N) is 2. The average molecular weight is 506 g/mol. The molecule has 2 N–H and O–H groups in total. The maximum Gasteiger partial charge on any atom is 0.191 e. The Morgan fingerprint density at radius 3 is 2.43 bits per heavy atom. The van der Waals surface area contributed by atoms with E-state index in [1.165, 1.54) is 0 Å². The van der Waals surface area contributed by atoms with Crippen LogP contribution in [0, 0.1) is 0 Å². The van der Waals surface area contributed by atoms with E-state index < -0.39 is 0 Å². The molecule has 0 heterocycles. The second kappa shape index (κ2) is 16.9. The molecule has 0 saturated heterocycles. The monoisotopic (exact) mass is 506 g/mol. The average Bonchev–Trinajstić information content (AvgIpc) is 2.70. The van der Waals surface area contributed by atoms with E-state index in [0.29, 0.717) is 12.6 Å². The number of benzene rings is 1. The second-order valence-corrected chi connectivity index (χ2v) is 6.65. The molecule has 0 amide bonds. The second-order valence-electron chi connectivity index (χ2n) is 6.65. The summed E-state index contributed by atoms with van der Waals surface area (Å²) < 4.78 is 10.6. The molecule has 0 fully saturated rings. The third kappa shape index (κ3) is 11.7. The third-order valence-corrected chi connectivity index (χ3v) is 4.64. The molecule has 0 aliphatic heterocycles. The molecule has 0 spiro atoms. The molecule has 1 atom stereocenters. The van der Waals surface area contributed by atoms with Gasteiger partial charge in [0.1, 0.15) is 5.75 Å². The predicted molar refractivity (Wildman–Crippen MR) is 129 cm³/mol. The minimum absolute atomic E-state index is 0. The number of likely N-dealkylation sites (N-methyl/N-ethyl adjacent to an activating group) is 1. The molecule has 162 valence electrons. The summed E-state index contributed by atoms with van der Waals surface area (Å²) in [6.45, 7) is 11.3. The van der Waals surface area contributed by atoms with Crippen molar-refractivity contribution in [3.05, 3.63) is 29.8 Å². The fraction of sp³-hybridized carbons (Fsp3) is 0.667. The Morgan fingerprint density at radius 1 is 1.14 bits per heavy atom. The Hall–Kier alpha value is -1.06. The number of ether oxygens (including phenoxy) is 2. The highest BCUT2D eigenvalue weighted by molar-refractivity contribution is 14.0. The van der Waals surface area contributed by atoms with Crippen LogP contribution in [-0.4, -0.2) is 63.9 Å². The van der Waals surface area contributed by atoms with Crippen LogP contribution in [0.5, 0.6) is 5.75 Å². The Morgan fingerprint density at radius 2 is 1.82 bits per heavy atom. The van der Waals surface area contributed by atoms with Crippen LogP contribution in [0.25, 0.3) is 0 Å². The lowest BCUT2D eigenvalue weighted by molar-refractivity contribution is 0.145. The number of guanidine groups is 1.